The predicted molar refractivity (Wildman–Crippen MR) is 111 cm³/mol. The smallest absolute Gasteiger partial charge is 0.262 e. The van der Waals surface area contributed by atoms with E-state index < -0.39 is 5.82 Å². The van der Waals surface area contributed by atoms with Crippen LogP contribution in [-0.4, -0.2) is 21.2 Å². The van der Waals surface area contributed by atoms with E-state index in [4.69, 9.17) is 0 Å². The predicted octanol–water partition coefficient (Wildman–Crippen LogP) is 4.55. The third-order valence-electron chi connectivity index (χ3n) is 4.54. The maximum Gasteiger partial charge on any atom is 0.262 e. The molecule has 0 saturated carbocycles. The second kappa shape index (κ2) is 8.56. The number of carbonyl (C=O) groups is 1. The SMILES string of the molecule is CC[C@@H](C)n1c(SCC(=O)Nc2ccc(C)cc2F)nc2ccccc2c1=O. The van der Waals surface area contributed by atoms with Gasteiger partial charge >= 0.3 is 0 Å². The summed E-state index contributed by atoms with van der Waals surface area (Å²) in [6, 6.07) is 11.8. The van der Waals surface area contributed by atoms with E-state index in [0.717, 1.165) is 12.0 Å². The number of benzene rings is 2. The van der Waals surface area contributed by atoms with E-state index in [1.54, 1.807) is 29.7 Å². The Morgan fingerprint density at radius 2 is 2.04 bits per heavy atom. The lowest BCUT2D eigenvalue weighted by Gasteiger charge is -2.18. The number of nitrogens with one attached hydrogen (secondary N) is 1. The van der Waals surface area contributed by atoms with Crippen molar-refractivity contribution in [3.63, 3.8) is 0 Å². The molecule has 7 heteroatoms. The zero-order valence-corrected chi connectivity index (χ0v) is 16.8. The van der Waals surface area contributed by atoms with Gasteiger partial charge in [-0.1, -0.05) is 36.9 Å². The van der Waals surface area contributed by atoms with Crippen LogP contribution < -0.4 is 10.9 Å². The van der Waals surface area contributed by atoms with Gasteiger partial charge in [0.1, 0.15) is 5.82 Å². The number of aryl methyl sites for hydroxylation is 1. The van der Waals surface area contributed by atoms with Crippen LogP contribution in [0.25, 0.3) is 10.9 Å². The van der Waals surface area contributed by atoms with E-state index in [1.807, 2.05) is 26.0 Å². The molecule has 1 amide bonds. The minimum Gasteiger partial charge on any atom is -0.323 e. The molecular formula is C21H22FN3O2S. The first-order valence-corrected chi connectivity index (χ1v) is 10.1. The van der Waals surface area contributed by atoms with E-state index in [0.29, 0.717) is 16.1 Å². The maximum absolute atomic E-state index is 13.9. The Kier molecular flexibility index (Phi) is 6.14. The summed E-state index contributed by atoms with van der Waals surface area (Å²) in [6.07, 6.45) is 0.758. The normalized spacial score (nSPS) is 12.1. The molecule has 0 radical (unpaired) electrons. The van der Waals surface area contributed by atoms with Gasteiger partial charge in [0.25, 0.3) is 5.56 Å². The Morgan fingerprint density at radius 1 is 1.29 bits per heavy atom. The summed E-state index contributed by atoms with van der Waals surface area (Å²) in [5.74, 6) is -0.807. The molecule has 1 atom stereocenters. The van der Waals surface area contributed by atoms with Gasteiger partial charge in [-0.25, -0.2) is 9.37 Å². The van der Waals surface area contributed by atoms with Crippen molar-refractivity contribution in [1.82, 2.24) is 9.55 Å². The fraction of sp³-hybridized carbons (Fsp3) is 0.286. The monoisotopic (exact) mass is 399 g/mol. The zero-order valence-electron chi connectivity index (χ0n) is 16.0. The van der Waals surface area contributed by atoms with Gasteiger partial charge in [0.05, 0.1) is 22.3 Å². The van der Waals surface area contributed by atoms with Gasteiger partial charge in [0.15, 0.2) is 5.16 Å². The Labute approximate surface area is 167 Å². The van der Waals surface area contributed by atoms with Crippen LogP contribution in [0, 0.1) is 12.7 Å². The number of fused-ring (bicyclic) bond motifs is 1. The van der Waals surface area contributed by atoms with Crippen LogP contribution in [-0.2, 0) is 4.79 Å². The van der Waals surface area contributed by atoms with Crippen molar-refractivity contribution in [2.45, 2.75) is 38.4 Å². The van der Waals surface area contributed by atoms with Crippen LogP contribution in [0.3, 0.4) is 0 Å². The molecule has 0 spiro atoms. The minimum absolute atomic E-state index is 0.0224. The number of halogens is 1. The quantitative estimate of drug-likeness (QED) is 0.488. The summed E-state index contributed by atoms with van der Waals surface area (Å²) < 4.78 is 15.6. The molecule has 2 aromatic carbocycles. The Hall–Kier alpha value is -2.67. The Balaban J connectivity index is 1.85. The van der Waals surface area contributed by atoms with Crippen molar-refractivity contribution in [3.8, 4) is 0 Å². The Morgan fingerprint density at radius 3 is 2.75 bits per heavy atom. The van der Waals surface area contributed by atoms with Gasteiger partial charge in [-0.05, 0) is 50.1 Å². The first-order valence-electron chi connectivity index (χ1n) is 9.10. The standard InChI is InChI=1S/C21H22FN3O2S/c1-4-14(3)25-20(27)15-7-5-6-8-17(15)24-21(25)28-12-19(26)23-18-10-9-13(2)11-16(18)22/h5-11,14H,4,12H2,1-3H3,(H,23,26)/t14-/m1/s1. The molecule has 5 nitrogen and oxygen atoms in total. The van der Waals surface area contributed by atoms with Gasteiger partial charge in [-0.15, -0.1) is 0 Å². The summed E-state index contributed by atoms with van der Waals surface area (Å²) in [7, 11) is 0. The summed E-state index contributed by atoms with van der Waals surface area (Å²) in [5.41, 5.74) is 1.40. The van der Waals surface area contributed by atoms with Crippen molar-refractivity contribution in [2.24, 2.45) is 0 Å². The van der Waals surface area contributed by atoms with Gasteiger partial charge < -0.3 is 5.32 Å². The van der Waals surface area contributed by atoms with Crippen molar-refractivity contribution in [1.29, 1.82) is 0 Å². The number of aromatic nitrogens is 2. The van der Waals surface area contributed by atoms with Crippen LogP contribution in [0.15, 0.2) is 52.4 Å². The molecule has 1 aromatic heterocycles. The summed E-state index contributed by atoms with van der Waals surface area (Å²) in [6.45, 7) is 5.72. The molecular weight excluding hydrogens is 377 g/mol. The fourth-order valence-electron chi connectivity index (χ4n) is 2.84. The lowest BCUT2D eigenvalue weighted by molar-refractivity contribution is -0.113. The van der Waals surface area contributed by atoms with Crippen LogP contribution >= 0.6 is 11.8 Å². The lowest BCUT2D eigenvalue weighted by atomic mass is 10.2. The molecule has 146 valence electrons. The Bertz CT molecular complexity index is 1080. The van der Waals surface area contributed by atoms with Crippen LogP contribution in [0.5, 0.6) is 0 Å². The molecule has 28 heavy (non-hydrogen) atoms. The van der Waals surface area contributed by atoms with E-state index in [1.165, 1.54) is 23.9 Å². The van der Waals surface area contributed by atoms with Crippen molar-refractivity contribution in [2.75, 3.05) is 11.1 Å². The highest BCUT2D eigenvalue weighted by Crippen LogP contribution is 2.23. The lowest BCUT2D eigenvalue weighted by Crippen LogP contribution is -2.26. The first-order chi connectivity index (χ1) is 13.4. The number of nitrogens with zero attached hydrogens (tertiary/aromatic N) is 2. The number of anilines is 1. The van der Waals surface area contributed by atoms with Gasteiger partial charge in [0.2, 0.25) is 5.91 Å². The highest BCUT2D eigenvalue weighted by atomic mass is 32.2. The highest BCUT2D eigenvalue weighted by Gasteiger charge is 2.17. The van der Waals surface area contributed by atoms with Crippen LogP contribution in [0.2, 0.25) is 0 Å². The molecule has 1 heterocycles. The number of thioether (sulfide) groups is 1. The summed E-state index contributed by atoms with van der Waals surface area (Å²) >= 11 is 1.17. The third kappa shape index (κ3) is 4.25. The van der Waals surface area contributed by atoms with Crippen molar-refractivity contribution >= 4 is 34.3 Å². The minimum atomic E-state index is -0.473. The molecule has 0 aliphatic carbocycles. The molecule has 0 aliphatic heterocycles. The van der Waals surface area contributed by atoms with Crippen molar-refractivity contribution < 1.29 is 9.18 Å². The number of amides is 1. The number of para-hydroxylation sites is 1. The number of carbonyl (C=O) groups excluding carboxylic acids is 1. The largest absolute Gasteiger partial charge is 0.323 e. The summed E-state index contributed by atoms with van der Waals surface area (Å²) in [5, 5.41) is 3.61. The molecule has 3 rings (SSSR count). The van der Waals surface area contributed by atoms with Crippen LogP contribution in [0.4, 0.5) is 10.1 Å². The number of hydrogen-bond donors (Lipinski definition) is 1. The molecule has 0 saturated heterocycles. The van der Waals surface area contributed by atoms with E-state index in [2.05, 4.69) is 10.3 Å². The molecule has 0 aliphatic rings. The topological polar surface area (TPSA) is 64.0 Å². The molecule has 3 aromatic rings. The average molecular weight is 399 g/mol. The molecule has 1 N–H and O–H groups in total. The molecule has 0 unspecified atom stereocenters. The molecule has 0 fully saturated rings. The second-order valence-corrected chi connectivity index (χ2v) is 7.61. The number of rotatable bonds is 6. The van der Waals surface area contributed by atoms with Crippen molar-refractivity contribution in [3.05, 3.63) is 64.2 Å². The highest BCUT2D eigenvalue weighted by molar-refractivity contribution is 7.99. The third-order valence-corrected chi connectivity index (χ3v) is 5.49. The maximum atomic E-state index is 13.9. The van der Waals surface area contributed by atoms with E-state index >= 15 is 0 Å². The van der Waals surface area contributed by atoms with Gasteiger partial charge in [0, 0.05) is 6.04 Å². The van der Waals surface area contributed by atoms with Crippen LogP contribution in [0.1, 0.15) is 31.9 Å². The van der Waals surface area contributed by atoms with E-state index in [9.17, 15) is 14.0 Å². The van der Waals surface area contributed by atoms with Gasteiger partial charge in [-0.3, -0.25) is 14.2 Å². The first kappa shape index (κ1) is 20.1. The average Bonchev–Trinajstić information content (AvgIpc) is 2.68. The zero-order chi connectivity index (χ0) is 20.3. The summed E-state index contributed by atoms with van der Waals surface area (Å²) in [4.78, 5) is 29.8. The number of hydrogen-bond acceptors (Lipinski definition) is 4. The second-order valence-electron chi connectivity index (χ2n) is 6.66. The molecule has 0 bridgehead atoms. The fourth-order valence-corrected chi connectivity index (χ4v) is 3.73. The van der Waals surface area contributed by atoms with E-state index in [-0.39, 0.29) is 28.9 Å². The van der Waals surface area contributed by atoms with Gasteiger partial charge in [-0.2, -0.15) is 0 Å².